The summed E-state index contributed by atoms with van der Waals surface area (Å²) < 4.78 is 1.51. The minimum Gasteiger partial charge on any atom is -0.224 e. The molecule has 0 saturated carbocycles. The molecule has 7 heteroatoms. The Labute approximate surface area is 96.3 Å². The molecule has 16 heavy (non-hydrogen) atoms. The summed E-state index contributed by atoms with van der Waals surface area (Å²) in [6.45, 7) is 3.45. The van der Waals surface area contributed by atoms with Gasteiger partial charge in [-0.05, 0) is 19.0 Å². The van der Waals surface area contributed by atoms with E-state index >= 15 is 0 Å². The third kappa shape index (κ3) is 1.67. The van der Waals surface area contributed by atoms with Gasteiger partial charge in [-0.15, -0.1) is 4.91 Å². The third-order valence-corrected chi connectivity index (χ3v) is 2.39. The highest BCUT2D eigenvalue weighted by atomic mass is 35.5. The van der Waals surface area contributed by atoms with Crippen LogP contribution in [0.15, 0.2) is 17.6 Å². The van der Waals surface area contributed by atoms with Gasteiger partial charge in [-0.25, -0.2) is 14.6 Å². The second kappa shape index (κ2) is 3.97. The molecule has 2 heterocycles. The van der Waals surface area contributed by atoms with Crippen molar-refractivity contribution in [3.63, 3.8) is 0 Å². The molecular weight excluding hydrogens is 230 g/mol. The van der Waals surface area contributed by atoms with E-state index in [1.165, 1.54) is 11.0 Å². The van der Waals surface area contributed by atoms with E-state index in [2.05, 4.69) is 20.2 Å². The number of rotatable bonds is 2. The first-order valence-electron chi connectivity index (χ1n) is 4.51. The molecule has 0 N–H and O–H groups in total. The Balaban J connectivity index is 2.61. The maximum absolute atomic E-state index is 10.6. The Morgan fingerprint density at radius 1 is 1.38 bits per heavy atom. The molecule has 0 aliphatic rings. The smallest absolute Gasteiger partial charge is 0.158 e. The van der Waals surface area contributed by atoms with Crippen molar-refractivity contribution in [2.45, 2.75) is 13.8 Å². The summed E-state index contributed by atoms with van der Waals surface area (Å²) in [5, 5.41) is 7.41. The summed E-state index contributed by atoms with van der Waals surface area (Å²) in [6.07, 6.45) is 1.34. The highest BCUT2D eigenvalue weighted by Gasteiger charge is 2.14. The first-order valence-corrected chi connectivity index (χ1v) is 4.88. The summed E-state index contributed by atoms with van der Waals surface area (Å²) >= 11 is 5.75. The zero-order valence-corrected chi connectivity index (χ0v) is 9.43. The number of aromatic nitrogens is 4. The Bertz CT molecular complexity index is 551. The van der Waals surface area contributed by atoms with Gasteiger partial charge in [0.25, 0.3) is 0 Å². The SMILES string of the molecule is Cc1nn(-c2cc(Cl)ncn2)c(C)c1N=O. The zero-order chi connectivity index (χ0) is 11.7. The second-order valence-corrected chi connectivity index (χ2v) is 3.61. The summed E-state index contributed by atoms with van der Waals surface area (Å²) in [4.78, 5) is 18.4. The van der Waals surface area contributed by atoms with Crippen molar-refractivity contribution in [3.05, 3.63) is 33.8 Å². The molecule has 2 aromatic rings. The molecule has 2 aromatic heterocycles. The van der Waals surface area contributed by atoms with Gasteiger partial charge in [0.15, 0.2) is 11.5 Å². The standard InChI is InChI=1S/C9H8ClN5O/c1-5-9(14-16)6(2)15(13-5)8-3-7(10)11-4-12-8/h3-4H,1-2H3. The molecule has 2 rings (SSSR count). The van der Waals surface area contributed by atoms with E-state index in [9.17, 15) is 4.91 Å². The van der Waals surface area contributed by atoms with E-state index in [0.717, 1.165) is 0 Å². The molecule has 0 saturated heterocycles. The largest absolute Gasteiger partial charge is 0.224 e. The molecule has 0 aliphatic heterocycles. The van der Waals surface area contributed by atoms with Gasteiger partial charge in [-0.1, -0.05) is 11.6 Å². The van der Waals surface area contributed by atoms with E-state index in [1.807, 2.05) is 0 Å². The fourth-order valence-corrected chi connectivity index (χ4v) is 1.57. The normalized spacial score (nSPS) is 10.4. The van der Waals surface area contributed by atoms with Gasteiger partial charge in [0.2, 0.25) is 0 Å². The summed E-state index contributed by atoms with van der Waals surface area (Å²) in [5.41, 5.74) is 1.51. The summed E-state index contributed by atoms with van der Waals surface area (Å²) in [7, 11) is 0. The fraction of sp³-hybridized carbons (Fsp3) is 0.222. The van der Waals surface area contributed by atoms with E-state index in [0.29, 0.717) is 28.0 Å². The Kier molecular flexibility index (Phi) is 2.66. The average Bonchev–Trinajstić information content (AvgIpc) is 2.54. The van der Waals surface area contributed by atoms with Gasteiger partial charge in [0.05, 0.1) is 11.4 Å². The van der Waals surface area contributed by atoms with Crippen LogP contribution in [0.2, 0.25) is 5.15 Å². The summed E-state index contributed by atoms with van der Waals surface area (Å²) in [6, 6.07) is 1.57. The minimum absolute atomic E-state index is 0.318. The van der Waals surface area contributed by atoms with Gasteiger partial charge in [0.1, 0.15) is 11.5 Å². The number of halogens is 1. The molecule has 0 atom stereocenters. The highest BCUT2D eigenvalue weighted by molar-refractivity contribution is 6.29. The second-order valence-electron chi connectivity index (χ2n) is 3.22. The molecule has 0 aliphatic carbocycles. The van der Waals surface area contributed by atoms with Crippen molar-refractivity contribution in [2.75, 3.05) is 0 Å². The van der Waals surface area contributed by atoms with Gasteiger partial charge >= 0.3 is 0 Å². The predicted octanol–water partition coefficient (Wildman–Crippen LogP) is 2.33. The number of hydrogen-bond acceptors (Lipinski definition) is 5. The van der Waals surface area contributed by atoms with Crippen LogP contribution in [0.4, 0.5) is 5.69 Å². The lowest BCUT2D eigenvalue weighted by Gasteiger charge is -2.01. The topological polar surface area (TPSA) is 73.0 Å². The van der Waals surface area contributed by atoms with Crippen LogP contribution >= 0.6 is 11.6 Å². The molecular formula is C9H8ClN5O. The highest BCUT2D eigenvalue weighted by Crippen LogP contribution is 2.24. The molecule has 0 unspecified atom stereocenters. The van der Waals surface area contributed by atoms with Crippen LogP contribution in [-0.2, 0) is 0 Å². The maximum Gasteiger partial charge on any atom is 0.158 e. The minimum atomic E-state index is 0.318. The molecule has 0 radical (unpaired) electrons. The van der Waals surface area contributed by atoms with Crippen LogP contribution in [0.1, 0.15) is 11.4 Å². The molecule has 82 valence electrons. The van der Waals surface area contributed by atoms with Crippen molar-refractivity contribution in [3.8, 4) is 5.82 Å². The van der Waals surface area contributed by atoms with Crippen molar-refractivity contribution < 1.29 is 0 Å². The summed E-state index contributed by atoms with van der Waals surface area (Å²) in [5.74, 6) is 0.510. The first kappa shape index (κ1) is 10.7. The fourth-order valence-electron chi connectivity index (χ4n) is 1.43. The van der Waals surface area contributed by atoms with Gasteiger partial charge in [-0.3, -0.25) is 0 Å². The van der Waals surface area contributed by atoms with Crippen LogP contribution in [0.25, 0.3) is 5.82 Å². The van der Waals surface area contributed by atoms with Crippen LogP contribution in [0.3, 0.4) is 0 Å². The molecule has 0 fully saturated rings. The molecule has 6 nitrogen and oxygen atoms in total. The third-order valence-electron chi connectivity index (χ3n) is 2.18. The monoisotopic (exact) mass is 237 g/mol. The number of aryl methyl sites for hydroxylation is 1. The van der Waals surface area contributed by atoms with Crippen molar-refractivity contribution in [2.24, 2.45) is 5.18 Å². The van der Waals surface area contributed by atoms with Crippen molar-refractivity contribution in [1.29, 1.82) is 0 Å². The van der Waals surface area contributed by atoms with Gasteiger partial charge < -0.3 is 0 Å². The first-order chi connectivity index (χ1) is 7.63. The van der Waals surface area contributed by atoms with Gasteiger partial charge in [-0.2, -0.15) is 5.10 Å². The maximum atomic E-state index is 10.6. The van der Waals surface area contributed by atoms with Crippen LogP contribution in [0, 0.1) is 18.8 Å². The molecule has 0 bridgehead atoms. The number of nitroso groups, excluding NO2 is 1. The lowest BCUT2D eigenvalue weighted by atomic mass is 10.3. The zero-order valence-electron chi connectivity index (χ0n) is 8.68. The van der Waals surface area contributed by atoms with E-state index in [1.54, 1.807) is 19.9 Å². The van der Waals surface area contributed by atoms with E-state index in [4.69, 9.17) is 11.6 Å². The van der Waals surface area contributed by atoms with Crippen molar-refractivity contribution in [1.82, 2.24) is 19.7 Å². The van der Waals surface area contributed by atoms with Crippen LogP contribution < -0.4 is 0 Å². The Morgan fingerprint density at radius 3 is 2.69 bits per heavy atom. The van der Waals surface area contributed by atoms with Crippen molar-refractivity contribution >= 4 is 17.3 Å². The van der Waals surface area contributed by atoms with Crippen LogP contribution in [0.5, 0.6) is 0 Å². The lowest BCUT2D eigenvalue weighted by Crippen LogP contribution is -2.02. The molecule has 0 spiro atoms. The Hall–Kier alpha value is -1.82. The number of hydrogen-bond donors (Lipinski definition) is 0. The van der Waals surface area contributed by atoms with Gasteiger partial charge in [0, 0.05) is 6.07 Å². The number of nitrogens with zero attached hydrogens (tertiary/aromatic N) is 5. The molecule has 0 amide bonds. The predicted molar refractivity (Wildman–Crippen MR) is 59.1 cm³/mol. The van der Waals surface area contributed by atoms with E-state index in [-0.39, 0.29) is 0 Å². The quantitative estimate of drug-likeness (QED) is 0.594. The van der Waals surface area contributed by atoms with E-state index < -0.39 is 0 Å². The molecule has 0 aromatic carbocycles. The lowest BCUT2D eigenvalue weighted by molar-refractivity contribution is 0.801. The Morgan fingerprint density at radius 2 is 2.12 bits per heavy atom. The average molecular weight is 238 g/mol. The van der Waals surface area contributed by atoms with Crippen LogP contribution in [-0.4, -0.2) is 19.7 Å².